The zero-order valence-electron chi connectivity index (χ0n) is 14.6. The van der Waals surface area contributed by atoms with Crippen molar-refractivity contribution in [1.29, 1.82) is 0 Å². The number of carboxylic acids is 2. The molecule has 0 aromatic heterocycles. The number of nitrogens with one attached hydrogen (secondary N) is 1. The summed E-state index contributed by atoms with van der Waals surface area (Å²) >= 11 is 0. The molecule has 0 spiro atoms. The number of hydrogen-bond donors (Lipinski definition) is 3. The first-order valence-corrected chi connectivity index (χ1v) is 8.38. The van der Waals surface area contributed by atoms with E-state index >= 15 is 0 Å². The Hall–Kier alpha value is -2.68. The Bertz CT molecular complexity index is 616. The fraction of sp³-hybridized carbons (Fsp3) is 0.529. The van der Waals surface area contributed by atoms with E-state index in [1.165, 1.54) is 31.7 Å². The van der Waals surface area contributed by atoms with E-state index in [1.807, 2.05) is 6.92 Å². The summed E-state index contributed by atoms with van der Waals surface area (Å²) in [6, 6.07) is 5.61. The van der Waals surface area contributed by atoms with Gasteiger partial charge in [0.1, 0.15) is 0 Å². The smallest absolute Gasteiger partial charge is 0.414 e. The van der Waals surface area contributed by atoms with Crippen LogP contribution in [-0.4, -0.2) is 46.3 Å². The third-order valence-corrected chi connectivity index (χ3v) is 3.86. The average Bonchev–Trinajstić information content (AvgIpc) is 3.08. The lowest BCUT2D eigenvalue weighted by Gasteiger charge is -2.12. The molecule has 1 saturated carbocycles. The number of rotatable bonds is 7. The summed E-state index contributed by atoms with van der Waals surface area (Å²) in [5, 5.41) is 29.2. The highest BCUT2D eigenvalue weighted by Crippen LogP contribution is 2.27. The second-order valence-corrected chi connectivity index (χ2v) is 5.98. The molecule has 144 valence electrons. The Kier molecular flexibility index (Phi) is 9.07. The van der Waals surface area contributed by atoms with Crippen molar-refractivity contribution in [3.8, 4) is 5.75 Å². The second-order valence-electron chi connectivity index (χ2n) is 5.98. The van der Waals surface area contributed by atoms with Crippen molar-refractivity contribution in [2.75, 3.05) is 13.2 Å². The zero-order valence-corrected chi connectivity index (χ0v) is 14.6. The first-order valence-electron chi connectivity index (χ1n) is 8.38. The van der Waals surface area contributed by atoms with Crippen LogP contribution in [0.1, 0.15) is 37.7 Å². The van der Waals surface area contributed by atoms with Crippen LogP contribution in [0.15, 0.2) is 18.2 Å². The van der Waals surface area contributed by atoms with Gasteiger partial charge in [-0.2, -0.15) is 0 Å². The number of aryl methyl sites for hydroxylation is 1. The molecule has 0 atom stereocenters. The molecule has 1 aliphatic carbocycles. The van der Waals surface area contributed by atoms with Crippen molar-refractivity contribution < 1.29 is 29.5 Å². The lowest BCUT2D eigenvalue weighted by molar-refractivity contribution is -0.385. The van der Waals surface area contributed by atoms with Gasteiger partial charge in [0.2, 0.25) is 0 Å². The van der Waals surface area contributed by atoms with Gasteiger partial charge in [-0.25, -0.2) is 9.59 Å². The topological polar surface area (TPSA) is 139 Å². The largest absolute Gasteiger partial charge is 0.487 e. The number of nitro groups is 1. The first-order chi connectivity index (χ1) is 12.3. The molecule has 0 bridgehead atoms. The van der Waals surface area contributed by atoms with Crippen molar-refractivity contribution in [2.24, 2.45) is 0 Å². The molecule has 1 fully saturated rings. The highest BCUT2D eigenvalue weighted by molar-refractivity contribution is 6.27. The van der Waals surface area contributed by atoms with E-state index in [2.05, 4.69) is 5.32 Å². The van der Waals surface area contributed by atoms with Gasteiger partial charge in [-0.05, 0) is 44.4 Å². The summed E-state index contributed by atoms with van der Waals surface area (Å²) in [4.78, 5) is 28.7. The third-order valence-electron chi connectivity index (χ3n) is 3.86. The van der Waals surface area contributed by atoms with E-state index in [9.17, 15) is 10.1 Å². The van der Waals surface area contributed by atoms with Crippen LogP contribution in [-0.2, 0) is 9.59 Å². The SMILES string of the molecule is Cc1ccc([N+](=O)[O-])c(OCCCNC2CCCC2)c1.O=C(O)C(=O)O. The number of hydrogen-bond acceptors (Lipinski definition) is 6. The zero-order chi connectivity index (χ0) is 19.5. The van der Waals surface area contributed by atoms with E-state index < -0.39 is 16.9 Å². The van der Waals surface area contributed by atoms with E-state index in [1.54, 1.807) is 12.1 Å². The van der Waals surface area contributed by atoms with Crippen LogP contribution in [0.2, 0.25) is 0 Å². The van der Waals surface area contributed by atoms with Gasteiger partial charge in [0, 0.05) is 12.1 Å². The van der Waals surface area contributed by atoms with Crippen LogP contribution < -0.4 is 10.1 Å². The summed E-state index contributed by atoms with van der Waals surface area (Å²) in [5.74, 6) is -3.28. The van der Waals surface area contributed by atoms with Gasteiger partial charge in [0.15, 0.2) is 5.75 Å². The number of carboxylic acid groups (broad SMARTS) is 2. The van der Waals surface area contributed by atoms with Crippen molar-refractivity contribution in [3.63, 3.8) is 0 Å². The maximum absolute atomic E-state index is 10.9. The van der Waals surface area contributed by atoms with Crippen molar-refractivity contribution in [3.05, 3.63) is 33.9 Å². The van der Waals surface area contributed by atoms with Crippen molar-refractivity contribution >= 4 is 17.6 Å². The molecule has 1 aliphatic rings. The monoisotopic (exact) mass is 368 g/mol. The quantitative estimate of drug-likeness (QED) is 0.288. The number of nitro benzene ring substituents is 1. The standard InChI is InChI=1S/C15H22N2O3.C2H2O4/c1-12-7-8-14(17(18)19)15(11-12)20-10-4-9-16-13-5-2-3-6-13;3-1(4)2(5)6/h7-8,11,13,16H,2-6,9-10H2,1H3;(H,3,4)(H,5,6). The molecule has 2 rings (SSSR count). The predicted molar refractivity (Wildman–Crippen MR) is 93.5 cm³/mol. The number of aliphatic carboxylic acids is 2. The van der Waals surface area contributed by atoms with Gasteiger partial charge >= 0.3 is 17.6 Å². The molecule has 0 amide bonds. The van der Waals surface area contributed by atoms with Gasteiger partial charge in [-0.15, -0.1) is 0 Å². The van der Waals surface area contributed by atoms with E-state index in [-0.39, 0.29) is 5.69 Å². The normalized spacial score (nSPS) is 13.6. The van der Waals surface area contributed by atoms with Gasteiger partial charge in [-0.1, -0.05) is 18.9 Å². The molecule has 1 aromatic carbocycles. The Labute approximate surface area is 151 Å². The molecule has 26 heavy (non-hydrogen) atoms. The van der Waals surface area contributed by atoms with Gasteiger partial charge in [0.05, 0.1) is 11.5 Å². The molecule has 0 saturated heterocycles. The summed E-state index contributed by atoms with van der Waals surface area (Å²) in [6.07, 6.45) is 6.04. The fourth-order valence-electron chi connectivity index (χ4n) is 2.58. The minimum absolute atomic E-state index is 0.0411. The van der Waals surface area contributed by atoms with Gasteiger partial charge < -0.3 is 20.3 Å². The summed E-state index contributed by atoms with van der Waals surface area (Å²) in [7, 11) is 0. The molecular weight excluding hydrogens is 344 g/mol. The molecule has 9 heteroatoms. The molecule has 3 N–H and O–H groups in total. The second kappa shape index (κ2) is 11.0. The van der Waals surface area contributed by atoms with Crippen LogP contribution in [0.4, 0.5) is 5.69 Å². The number of ether oxygens (including phenoxy) is 1. The average molecular weight is 368 g/mol. The summed E-state index contributed by atoms with van der Waals surface area (Å²) in [6.45, 7) is 3.31. The number of benzene rings is 1. The van der Waals surface area contributed by atoms with Crippen LogP contribution in [0.3, 0.4) is 0 Å². The molecule has 9 nitrogen and oxygen atoms in total. The first kappa shape index (κ1) is 21.4. The molecule has 0 aliphatic heterocycles. The molecular formula is C17H24N2O7. The summed E-state index contributed by atoms with van der Waals surface area (Å²) < 4.78 is 5.56. The predicted octanol–water partition coefficient (Wildman–Crippen LogP) is 2.36. The molecule has 0 heterocycles. The molecule has 0 unspecified atom stereocenters. The van der Waals surface area contributed by atoms with Crippen LogP contribution >= 0.6 is 0 Å². The van der Waals surface area contributed by atoms with E-state index in [0.29, 0.717) is 18.4 Å². The van der Waals surface area contributed by atoms with Crippen LogP contribution in [0.25, 0.3) is 0 Å². The summed E-state index contributed by atoms with van der Waals surface area (Å²) in [5.41, 5.74) is 1.01. The third kappa shape index (κ3) is 7.93. The Morgan fingerprint density at radius 2 is 1.88 bits per heavy atom. The minimum atomic E-state index is -1.82. The lowest BCUT2D eigenvalue weighted by Crippen LogP contribution is -2.27. The van der Waals surface area contributed by atoms with Crippen molar-refractivity contribution in [1.82, 2.24) is 5.32 Å². The van der Waals surface area contributed by atoms with Crippen LogP contribution in [0.5, 0.6) is 5.75 Å². The lowest BCUT2D eigenvalue weighted by atomic mass is 10.2. The molecule has 0 radical (unpaired) electrons. The highest BCUT2D eigenvalue weighted by Gasteiger charge is 2.15. The number of nitrogens with zero attached hydrogens (tertiary/aromatic N) is 1. The Morgan fingerprint density at radius 3 is 2.42 bits per heavy atom. The Balaban J connectivity index is 0.000000487. The fourth-order valence-corrected chi connectivity index (χ4v) is 2.58. The van der Waals surface area contributed by atoms with Gasteiger partial charge in [0.25, 0.3) is 0 Å². The Morgan fingerprint density at radius 1 is 1.27 bits per heavy atom. The number of carbonyl (C=O) groups is 2. The van der Waals surface area contributed by atoms with E-state index in [4.69, 9.17) is 24.5 Å². The highest BCUT2D eigenvalue weighted by atomic mass is 16.6. The maximum atomic E-state index is 10.9. The van der Waals surface area contributed by atoms with Crippen LogP contribution in [0, 0.1) is 17.0 Å². The van der Waals surface area contributed by atoms with E-state index in [0.717, 1.165) is 18.5 Å². The van der Waals surface area contributed by atoms with Gasteiger partial charge in [-0.3, -0.25) is 10.1 Å². The minimum Gasteiger partial charge on any atom is -0.487 e. The van der Waals surface area contributed by atoms with Crippen molar-refractivity contribution in [2.45, 2.75) is 45.1 Å². The molecule has 1 aromatic rings. The maximum Gasteiger partial charge on any atom is 0.414 e.